The number of hydrogen-bond acceptors (Lipinski definition) is 4. The van der Waals surface area contributed by atoms with Gasteiger partial charge in [-0.3, -0.25) is 9.59 Å². The van der Waals surface area contributed by atoms with Crippen molar-refractivity contribution in [1.29, 1.82) is 0 Å². The molecular weight excluding hydrogens is 386 g/mol. The zero-order valence-electron chi connectivity index (χ0n) is 14.4. The SMILES string of the molecule is CCOc1cc(C=O)cc(Br)c1OCC(=O)Nc1ccc(C)c(C)c1. The Morgan fingerprint density at radius 2 is 1.92 bits per heavy atom. The van der Waals surface area contributed by atoms with E-state index in [0.717, 1.165) is 23.1 Å². The van der Waals surface area contributed by atoms with Crippen LogP contribution in [0.1, 0.15) is 28.4 Å². The van der Waals surface area contributed by atoms with E-state index < -0.39 is 0 Å². The van der Waals surface area contributed by atoms with Gasteiger partial charge in [-0.15, -0.1) is 0 Å². The third-order valence-electron chi connectivity index (χ3n) is 3.61. The predicted molar refractivity (Wildman–Crippen MR) is 101 cm³/mol. The number of rotatable bonds is 7. The summed E-state index contributed by atoms with van der Waals surface area (Å²) in [5.41, 5.74) is 3.44. The molecule has 2 aromatic carbocycles. The summed E-state index contributed by atoms with van der Waals surface area (Å²) in [6.45, 7) is 6.07. The molecule has 0 aliphatic heterocycles. The van der Waals surface area contributed by atoms with E-state index in [0.29, 0.717) is 28.1 Å². The van der Waals surface area contributed by atoms with Crippen LogP contribution in [0.3, 0.4) is 0 Å². The summed E-state index contributed by atoms with van der Waals surface area (Å²) >= 11 is 3.35. The second-order valence-electron chi connectivity index (χ2n) is 5.52. The molecule has 0 aliphatic rings. The van der Waals surface area contributed by atoms with E-state index in [9.17, 15) is 9.59 Å². The third-order valence-corrected chi connectivity index (χ3v) is 4.20. The standard InChI is InChI=1S/C19H20BrNO4/c1-4-24-17-9-14(10-22)8-16(20)19(17)25-11-18(23)21-15-6-5-12(2)13(3)7-15/h5-10H,4,11H2,1-3H3,(H,21,23). The minimum atomic E-state index is -0.280. The van der Waals surface area contributed by atoms with Crippen molar-refractivity contribution in [1.82, 2.24) is 0 Å². The Bertz CT molecular complexity index is 789. The Morgan fingerprint density at radius 1 is 1.16 bits per heavy atom. The average molecular weight is 406 g/mol. The highest BCUT2D eigenvalue weighted by Crippen LogP contribution is 2.36. The fourth-order valence-corrected chi connectivity index (χ4v) is 2.79. The van der Waals surface area contributed by atoms with Crippen LogP contribution in [0.2, 0.25) is 0 Å². The Labute approximate surface area is 155 Å². The first-order valence-corrected chi connectivity index (χ1v) is 8.65. The third kappa shape index (κ3) is 5.06. The number of aryl methyl sites for hydroxylation is 2. The lowest BCUT2D eigenvalue weighted by atomic mass is 10.1. The molecule has 0 bridgehead atoms. The molecule has 0 atom stereocenters. The van der Waals surface area contributed by atoms with E-state index in [1.807, 2.05) is 39.0 Å². The van der Waals surface area contributed by atoms with Crippen molar-refractivity contribution in [2.24, 2.45) is 0 Å². The maximum Gasteiger partial charge on any atom is 0.262 e. The highest BCUT2D eigenvalue weighted by atomic mass is 79.9. The van der Waals surface area contributed by atoms with Gasteiger partial charge in [0.25, 0.3) is 5.91 Å². The van der Waals surface area contributed by atoms with E-state index in [4.69, 9.17) is 9.47 Å². The second kappa shape index (κ2) is 8.67. The quantitative estimate of drug-likeness (QED) is 0.697. The molecule has 132 valence electrons. The number of carbonyl (C=O) groups excluding carboxylic acids is 2. The van der Waals surface area contributed by atoms with Gasteiger partial charge in [0, 0.05) is 11.3 Å². The summed E-state index contributed by atoms with van der Waals surface area (Å²) < 4.78 is 11.7. The van der Waals surface area contributed by atoms with Crippen LogP contribution in [0.15, 0.2) is 34.8 Å². The smallest absolute Gasteiger partial charge is 0.262 e. The number of hydrogen-bond donors (Lipinski definition) is 1. The van der Waals surface area contributed by atoms with E-state index in [1.54, 1.807) is 12.1 Å². The molecule has 0 spiro atoms. The minimum absolute atomic E-state index is 0.175. The van der Waals surface area contributed by atoms with E-state index in [1.165, 1.54) is 0 Å². The lowest BCUT2D eigenvalue weighted by Crippen LogP contribution is -2.20. The van der Waals surface area contributed by atoms with Crippen LogP contribution in [0.25, 0.3) is 0 Å². The van der Waals surface area contributed by atoms with Crippen molar-refractivity contribution < 1.29 is 19.1 Å². The zero-order chi connectivity index (χ0) is 18.4. The topological polar surface area (TPSA) is 64.6 Å². The number of benzene rings is 2. The average Bonchev–Trinajstić information content (AvgIpc) is 2.57. The van der Waals surface area contributed by atoms with Gasteiger partial charge in [0.15, 0.2) is 18.1 Å². The van der Waals surface area contributed by atoms with Crippen LogP contribution in [0.5, 0.6) is 11.5 Å². The van der Waals surface area contributed by atoms with E-state index >= 15 is 0 Å². The van der Waals surface area contributed by atoms with Crippen LogP contribution < -0.4 is 14.8 Å². The molecule has 0 radical (unpaired) electrons. The Balaban J connectivity index is 2.08. The lowest BCUT2D eigenvalue weighted by Gasteiger charge is -2.14. The van der Waals surface area contributed by atoms with Gasteiger partial charge < -0.3 is 14.8 Å². The summed E-state index contributed by atoms with van der Waals surface area (Å²) in [6, 6.07) is 8.91. The molecule has 0 saturated heterocycles. The highest BCUT2D eigenvalue weighted by Gasteiger charge is 2.14. The Kier molecular flexibility index (Phi) is 6.58. The molecular formula is C19H20BrNO4. The number of carbonyl (C=O) groups is 2. The van der Waals surface area contributed by atoms with Crippen molar-refractivity contribution in [3.8, 4) is 11.5 Å². The highest BCUT2D eigenvalue weighted by molar-refractivity contribution is 9.10. The molecule has 2 aromatic rings. The summed E-state index contributed by atoms with van der Waals surface area (Å²) in [5, 5.41) is 2.80. The summed E-state index contributed by atoms with van der Waals surface area (Å²) in [4.78, 5) is 23.1. The van der Waals surface area contributed by atoms with Gasteiger partial charge in [-0.25, -0.2) is 0 Å². The van der Waals surface area contributed by atoms with Crippen molar-refractivity contribution in [2.45, 2.75) is 20.8 Å². The number of amides is 1. The molecule has 0 aliphatic carbocycles. The van der Waals surface area contributed by atoms with Crippen LogP contribution in [-0.4, -0.2) is 25.4 Å². The van der Waals surface area contributed by atoms with Crippen molar-refractivity contribution >= 4 is 33.8 Å². The normalized spacial score (nSPS) is 10.2. The van der Waals surface area contributed by atoms with Crippen LogP contribution >= 0.6 is 15.9 Å². The first-order chi connectivity index (χ1) is 11.9. The largest absolute Gasteiger partial charge is 0.490 e. The first-order valence-electron chi connectivity index (χ1n) is 7.86. The number of halogens is 1. The number of anilines is 1. The zero-order valence-corrected chi connectivity index (χ0v) is 16.0. The molecule has 1 amide bonds. The van der Waals surface area contributed by atoms with Gasteiger partial charge in [-0.1, -0.05) is 6.07 Å². The number of ether oxygens (including phenoxy) is 2. The molecule has 25 heavy (non-hydrogen) atoms. The van der Waals surface area contributed by atoms with E-state index in [2.05, 4.69) is 21.2 Å². The van der Waals surface area contributed by atoms with Crippen LogP contribution in [0.4, 0.5) is 5.69 Å². The number of aldehydes is 1. The van der Waals surface area contributed by atoms with Gasteiger partial charge >= 0.3 is 0 Å². The van der Waals surface area contributed by atoms with Gasteiger partial charge in [0.2, 0.25) is 0 Å². The minimum Gasteiger partial charge on any atom is -0.490 e. The summed E-state index contributed by atoms with van der Waals surface area (Å²) in [6.07, 6.45) is 0.726. The van der Waals surface area contributed by atoms with Crippen molar-refractivity contribution in [3.63, 3.8) is 0 Å². The van der Waals surface area contributed by atoms with Gasteiger partial charge in [0.1, 0.15) is 6.29 Å². The fourth-order valence-electron chi connectivity index (χ4n) is 2.21. The monoisotopic (exact) mass is 405 g/mol. The Morgan fingerprint density at radius 3 is 2.56 bits per heavy atom. The second-order valence-corrected chi connectivity index (χ2v) is 6.37. The lowest BCUT2D eigenvalue weighted by molar-refractivity contribution is -0.118. The predicted octanol–water partition coefficient (Wildman–Crippen LogP) is 4.29. The van der Waals surface area contributed by atoms with E-state index in [-0.39, 0.29) is 12.5 Å². The van der Waals surface area contributed by atoms with Crippen LogP contribution in [0, 0.1) is 13.8 Å². The molecule has 5 nitrogen and oxygen atoms in total. The van der Waals surface area contributed by atoms with Gasteiger partial charge in [-0.2, -0.15) is 0 Å². The molecule has 0 unspecified atom stereocenters. The molecule has 1 N–H and O–H groups in total. The summed E-state index contributed by atoms with van der Waals surface area (Å²) in [7, 11) is 0. The maximum absolute atomic E-state index is 12.1. The van der Waals surface area contributed by atoms with Gasteiger partial charge in [-0.05, 0) is 72.1 Å². The van der Waals surface area contributed by atoms with Crippen LogP contribution in [-0.2, 0) is 4.79 Å². The molecule has 0 aromatic heterocycles. The fraction of sp³-hybridized carbons (Fsp3) is 0.263. The van der Waals surface area contributed by atoms with Crippen molar-refractivity contribution in [3.05, 3.63) is 51.5 Å². The molecule has 0 saturated carbocycles. The van der Waals surface area contributed by atoms with Gasteiger partial charge in [0.05, 0.1) is 11.1 Å². The molecule has 2 rings (SSSR count). The first kappa shape index (κ1) is 19.0. The molecule has 0 fully saturated rings. The molecule has 0 heterocycles. The molecule has 6 heteroatoms. The van der Waals surface area contributed by atoms with Crippen molar-refractivity contribution in [2.75, 3.05) is 18.5 Å². The Hall–Kier alpha value is -2.34. The maximum atomic E-state index is 12.1. The number of nitrogens with one attached hydrogen (secondary N) is 1. The summed E-state index contributed by atoms with van der Waals surface area (Å²) in [5.74, 6) is 0.526.